The largest absolute Gasteiger partial charge is 0.460 e. The number of ether oxygens (including phenoxy) is 1. The van der Waals surface area contributed by atoms with Crippen molar-refractivity contribution in [2.75, 3.05) is 13.1 Å². The van der Waals surface area contributed by atoms with Crippen molar-refractivity contribution in [3.05, 3.63) is 59.8 Å². The number of hydrogen-bond acceptors (Lipinski definition) is 4. The SMILES string of the molecule is CC(C)OC(=O)C1=CC=CN(CC(=O)c2ccccc2)C1. The minimum absolute atomic E-state index is 0.0266. The Morgan fingerprint density at radius 2 is 1.95 bits per heavy atom. The van der Waals surface area contributed by atoms with E-state index in [-0.39, 0.29) is 24.4 Å². The van der Waals surface area contributed by atoms with Crippen molar-refractivity contribution in [2.45, 2.75) is 20.0 Å². The van der Waals surface area contributed by atoms with Crippen LogP contribution < -0.4 is 0 Å². The van der Waals surface area contributed by atoms with Gasteiger partial charge in [-0.1, -0.05) is 30.3 Å². The van der Waals surface area contributed by atoms with E-state index >= 15 is 0 Å². The van der Waals surface area contributed by atoms with Crippen molar-refractivity contribution in [3.8, 4) is 0 Å². The smallest absolute Gasteiger partial charge is 0.336 e. The summed E-state index contributed by atoms with van der Waals surface area (Å²) in [4.78, 5) is 25.8. The molecular weight excluding hydrogens is 266 g/mol. The molecule has 4 nitrogen and oxygen atoms in total. The predicted octanol–water partition coefficient (Wildman–Crippen LogP) is 2.58. The summed E-state index contributed by atoms with van der Waals surface area (Å²) in [5.74, 6) is -0.301. The molecule has 0 amide bonds. The lowest BCUT2D eigenvalue weighted by Crippen LogP contribution is -2.31. The molecule has 110 valence electrons. The molecule has 0 aliphatic carbocycles. The average molecular weight is 285 g/mol. The number of allylic oxidation sites excluding steroid dienone is 2. The zero-order chi connectivity index (χ0) is 15.2. The highest BCUT2D eigenvalue weighted by atomic mass is 16.5. The molecule has 1 aliphatic rings. The first-order chi connectivity index (χ1) is 10.1. The molecule has 4 heteroatoms. The maximum absolute atomic E-state index is 12.2. The summed E-state index contributed by atoms with van der Waals surface area (Å²) in [6.07, 6.45) is 5.16. The second kappa shape index (κ2) is 6.88. The summed E-state index contributed by atoms with van der Waals surface area (Å²) in [6, 6.07) is 9.13. The van der Waals surface area contributed by atoms with Crippen LogP contribution in [0.2, 0.25) is 0 Å². The van der Waals surface area contributed by atoms with Crippen molar-refractivity contribution >= 4 is 11.8 Å². The van der Waals surface area contributed by atoms with Gasteiger partial charge >= 0.3 is 5.97 Å². The van der Waals surface area contributed by atoms with E-state index < -0.39 is 0 Å². The predicted molar refractivity (Wildman–Crippen MR) is 80.8 cm³/mol. The number of esters is 1. The maximum atomic E-state index is 12.2. The van der Waals surface area contributed by atoms with Crippen LogP contribution in [-0.4, -0.2) is 35.8 Å². The van der Waals surface area contributed by atoms with Crippen molar-refractivity contribution < 1.29 is 14.3 Å². The van der Waals surface area contributed by atoms with Crippen molar-refractivity contribution in [2.24, 2.45) is 0 Å². The van der Waals surface area contributed by atoms with E-state index in [1.54, 1.807) is 24.3 Å². The Morgan fingerprint density at radius 3 is 2.62 bits per heavy atom. The third-order valence-electron chi connectivity index (χ3n) is 3.02. The van der Waals surface area contributed by atoms with Crippen LogP contribution >= 0.6 is 0 Å². The third kappa shape index (κ3) is 4.31. The highest BCUT2D eigenvalue weighted by Crippen LogP contribution is 2.11. The van der Waals surface area contributed by atoms with E-state index in [1.165, 1.54) is 0 Å². The maximum Gasteiger partial charge on any atom is 0.336 e. The summed E-state index contributed by atoms with van der Waals surface area (Å²) < 4.78 is 5.17. The van der Waals surface area contributed by atoms with E-state index in [1.807, 2.05) is 43.1 Å². The van der Waals surface area contributed by atoms with Crippen LogP contribution in [-0.2, 0) is 9.53 Å². The fourth-order valence-corrected chi connectivity index (χ4v) is 2.04. The van der Waals surface area contributed by atoms with E-state index in [2.05, 4.69) is 0 Å². The lowest BCUT2D eigenvalue weighted by Gasteiger charge is -2.23. The van der Waals surface area contributed by atoms with Crippen molar-refractivity contribution in [1.29, 1.82) is 0 Å². The normalized spacial score (nSPS) is 14.0. The lowest BCUT2D eigenvalue weighted by molar-refractivity contribution is -0.142. The van der Waals surface area contributed by atoms with Gasteiger partial charge in [0.15, 0.2) is 5.78 Å². The molecule has 0 N–H and O–H groups in total. The highest BCUT2D eigenvalue weighted by molar-refractivity contribution is 5.98. The van der Waals surface area contributed by atoms with E-state index in [9.17, 15) is 9.59 Å². The molecule has 0 atom stereocenters. The van der Waals surface area contributed by atoms with Crippen molar-refractivity contribution in [1.82, 2.24) is 4.90 Å². The van der Waals surface area contributed by atoms with Crippen LogP contribution in [0.15, 0.2) is 54.3 Å². The van der Waals surface area contributed by atoms with Crippen LogP contribution in [0.25, 0.3) is 0 Å². The molecule has 1 aromatic rings. The second-order valence-corrected chi connectivity index (χ2v) is 5.18. The van der Waals surface area contributed by atoms with Crippen LogP contribution in [0.3, 0.4) is 0 Å². The minimum atomic E-state index is -0.327. The number of carbonyl (C=O) groups is 2. The number of carbonyl (C=O) groups excluding carboxylic acids is 2. The van der Waals surface area contributed by atoms with Gasteiger partial charge in [-0.05, 0) is 32.2 Å². The van der Waals surface area contributed by atoms with Gasteiger partial charge < -0.3 is 9.64 Å². The fourth-order valence-electron chi connectivity index (χ4n) is 2.04. The first kappa shape index (κ1) is 15.0. The first-order valence-corrected chi connectivity index (χ1v) is 6.97. The van der Waals surface area contributed by atoms with Crippen LogP contribution in [0.1, 0.15) is 24.2 Å². The zero-order valence-electron chi connectivity index (χ0n) is 12.3. The summed E-state index contributed by atoms with van der Waals surface area (Å²) >= 11 is 0. The molecular formula is C17H19NO3. The Morgan fingerprint density at radius 1 is 1.24 bits per heavy atom. The molecule has 0 unspecified atom stereocenters. The van der Waals surface area contributed by atoms with E-state index in [0.29, 0.717) is 17.7 Å². The van der Waals surface area contributed by atoms with Crippen LogP contribution in [0.5, 0.6) is 0 Å². The van der Waals surface area contributed by atoms with Crippen molar-refractivity contribution in [3.63, 3.8) is 0 Å². The summed E-state index contributed by atoms with van der Waals surface area (Å²) in [5.41, 5.74) is 1.24. The average Bonchev–Trinajstić information content (AvgIpc) is 2.47. The van der Waals surface area contributed by atoms with E-state index in [0.717, 1.165) is 0 Å². The summed E-state index contributed by atoms with van der Waals surface area (Å²) in [7, 11) is 0. The van der Waals surface area contributed by atoms with Gasteiger partial charge in [0.05, 0.1) is 24.8 Å². The van der Waals surface area contributed by atoms with Gasteiger partial charge in [-0.2, -0.15) is 0 Å². The quantitative estimate of drug-likeness (QED) is 0.616. The second-order valence-electron chi connectivity index (χ2n) is 5.18. The molecule has 0 saturated heterocycles. The van der Waals surface area contributed by atoms with Gasteiger partial charge in [-0.15, -0.1) is 0 Å². The minimum Gasteiger partial charge on any atom is -0.460 e. The molecule has 0 radical (unpaired) electrons. The van der Waals surface area contributed by atoms with E-state index in [4.69, 9.17) is 4.74 Å². The lowest BCUT2D eigenvalue weighted by atomic mass is 10.1. The zero-order valence-corrected chi connectivity index (χ0v) is 12.3. The number of Topliss-reactive ketones (excluding diaryl/α,β-unsaturated/α-hetero) is 1. The Labute approximate surface area is 124 Å². The molecule has 0 spiro atoms. The Hall–Kier alpha value is -2.36. The number of rotatable bonds is 5. The molecule has 1 aliphatic heterocycles. The molecule has 0 bridgehead atoms. The van der Waals surface area contributed by atoms with Gasteiger partial charge in [-0.25, -0.2) is 4.79 Å². The summed E-state index contributed by atoms with van der Waals surface area (Å²) in [5, 5.41) is 0. The Kier molecular flexibility index (Phi) is 4.93. The van der Waals surface area contributed by atoms with Crippen LogP contribution in [0, 0.1) is 0 Å². The van der Waals surface area contributed by atoms with Gasteiger partial charge in [0.25, 0.3) is 0 Å². The topological polar surface area (TPSA) is 46.6 Å². The highest BCUT2D eigenvalue weighted by Gasteiger charge is 2.19. The standard InChI is InChI=1S/C17H19NO3/c1-13(2)21-17(20)15-9-6-10-18(11-15)12-16(19)14-7-4-3-5-8-14/h3-10,13H,11-12H2,1-2H3. The molecule has 0 saturated carbocycles. The van der Waals surface area contributed by atoms with Gasteiger partial charge in [0.2, 0.25) is 0 Å². The molecule has 0 aromatic heterocycles. The van der Waals surface area contributed by atoms with Crippen LogP contribution in [0.4, 0.5) is 0 Å². The Balaban J connectivity index is 1.95. The fraction of sp³-hybridized carbons (Fsp3) is 0.294. The van der Waals surface area contributed by atoms with Gasteiger partial charge in [0, 0.05) is 5.56 Å². The first-order valence-electron chi connectivity index (χ1n) is 6.97. The molecule has 1 heterocycles. The van der Waals surface area contributed by atoms with Gasteiger partial charge in [-0.3, -0.25) is 4.79 Å². The number of ketones is 1. The third-order valence-corrected chi connectivity index (χ3v) is 3.02. The Bertz CT molecular complexity index is 573. The molecule has 0 fully saturated rings. The number of nitrogens with zero attached hydrogens (tertiary/aromatic N) is 1. The number of benzene rings is 1. The molecule has 2 rings (SSSR count). The van der Waals surface area contributed by atoms with Gasteiger partial charge in [0.1, 0.15) is 0 Å². The summed E-state index contributed by atoms with van der Waals surface area (Å²) in [6.45, 7) is 4.26. The molecule has 1 aromatic carbocycles. The monoisotopic (exact) mass is 285 g/mol. The number of hydrogen-bond donors (Lipinski definition) is 0. The molecule has 21 heavy (non-hydrogen) atoms.